The van der Waals surface area contributed by atoms with Gasteiger partial charge in [0.1, 0.15) is 12.4 Å². The van der Waals surface area contributed by atoms with Crippen molar-refractivity contribution in [3.63, 3.8) is 0 Å². The van der Waals surface area contributed by atoms with Crippen molar-refractivity contribution in [1.82, 2.24) is 4.73 Å². The summed E-state index contributed by atoms with van der Waals surface area (Å²) >= 11 is 0. The van der Waals surface area contributed by atoms with Gasteiger partial charge in [0, 0.05) is 17.6 Å². The molecule has 3 aromatic rings. The van der Waals surface area contributed by atoms with Crippen molar-refractivity contribution >= 4 is 10.9 Å². The van der Waals surface area contributed by atoms with E-state index < -0.39 is 0 Å². The first-order valence-corrected chi connectivity index (χ1v) is 5.80. The van der Waals surface area contributed by atoms with Gasteiger partial charge in [-0.2, -0.15) is 4.73 Å². The number of phenols is 1. The molecule has 3 heteroatoms. The Hall–Kier alpha value is -2.42. The molecule has 3 nitrogen and oxygen atoms in total. The Morgan fingerprint density at radius 3 is 2.67 bits per heavy atom. The highest BCUT2D eigenvalue weighted by molar-refractivity contribution is 5.81. The number of aromatic hydroxyl groups is 1. The van der Waals surface area contributed by atoms with E-state index in [0.29, 0.717) is 6.61 Å². The van der Waals surface area contributed by atoms with Gasteiger partial charge in [0.2, 0.25) is 0 Å². The van der Waals surface area contributed by atoms with E-state index in [0.717, 1.165) is 16.5 Å². The molecular formula is C15H13NO2. The number of benzene rings is 2. The van der Waals surface area contributed by atoms with Crippen LogP contribution in [0.4, 0.5) is 0 Å². The maximum Gasteiger partial charge on any atom is 0.140 e. The molecule has 1 aromatic heterocycles. The minimum Gasteiger partial charge on any atom is -0.508 e. The third-order valence-electron chi connectivity index (χ3n) is 2.85. The lowest BCUT2D eigenvalue weighted by Crippen LogP contribution is -2.09. The quantitative estimate of drug-likeness (QED) is 0.762. The topological polar surface area (TPSA) is 34.4 Å². The molecule has 0 spiro atoms. The molecule has 1 N–H and O–H groups in total. The largest absolute Gasteiger partial charge is 0.508 e. The van der Waals surface area contributed by atoms with E-state index in [1.165, 1.54) is 0 Å². The average Bonchev–Trinajstić information content (AvgIpc) is 2.80. The SMILES string of the molecule is Oc1ccc2ccn(OCc3ccccc3)c2c1. The minimum atomic E-state index is 0.241. The van der Waals surface area contributed by atoms with Gasteiger partial charge < -0.3 is 9.94 Å². The van der Waals surface area contributed by atoms with Crippen LogP contribution in [-0.4, -0.2) is 9.84 Å². The van der Waals surface area contributed by atoms with Gasteiger partial charge in [-0.3, -0.25) is 0 Å². The van der Waals surface area contributed by atoms with E-state index in [9.17, 15) is 5.11 Å². The Balaban J connectivity index is 1.85. The summed E-state index contributed by atoms with van der Waals surface area (Å²) in [6, 6.07) is 17.2. The Kier molecular flexibility index (Phi) is 2.65. The summed E-state index contributed by atoms with van der Waals surface area (Å²) in [5.41, 5.74) is 1.98. The molecule has 1 heterocycles. The predicted octanol–water partition coefficient (Wildman–Crippen LogP) is 2.98. The Morgan fingerprint density at radius 2 is 1.83 bits per heavy atom. The number of nitrogens with zero attached hydrogens (tertiary/aromatic N) is 1. The molecule has 3 rings (SSSR count). The van der Waals surface area contributed by atoms with Crippen molar-refractivity contribution in [2.24, 2.45) is 0 Å². The van der Waals surface area contributed by atoms with Crippen molar-refractivity contribution in [1.29, 1.82) is 0 Å². The summed E-state index contributed by atoms with van der Waals surface area (Å²) in [7, 11) is 0. The van der Waals surface area contributed by atoms with Gasteiger partial charge in [0.25, 0.3) is 0 Å². The molecule has 18 heavy (non-hydrogen) atoms. The molecule has 0 atom stereocenters. The fourth-order valence-electron chi connectivity index (χ4n) is 1.92. The molecule has 0 aliphatic rings. The van der Waals surface area contributed by atoms with Gasteiger partial charge in [-0.25, -0.2) is 0 Å². The molecular weight excluding hydrogens is 226 g/mol. The van der Waals surface area contributed by atoms with Crippen molar-refractivity contribution < 1.29 is 9.94 Å². The number of aromatic nitrogens is 1. The average molecular weight is 239 g/mol. The summed E-state index contributed by atoms with van der Waals surface area (Å²) in [5.74, 6) is 0.241. The minimum absolute atomic E-state index is 0.241. The third kappa shape index (κ3) is 2.02. The molecule has 0 aliphatic carbocycles. The van der Waals surface area contributed by atoms with Crippen LogP contribution >= 0.6 is 0 Å². The second-order valence-corrected chi connectivity index (χ2v) is 4.14. The van der Waals surface area contributed by atoms with Gasteiger partial charge in [0.15, 0.2) is 0 Å². The van der Waals surface area contributed by atoms with Gasteiger partial charge in [-0.15, -0.1) is 0 Å². The highest BCUT2D eigenvalue weighted by Gasteiger charge is 2.02. The number of hydrogen-bond donors (Lipinski definition) is 1. The van der Waals surface area contributed by atoms with Gasteiger partial charge in [0.05, 0.1) is 5.52 Å². The highest BCUT2D eigenvalue weighted by atomic mass is 16.7. The van der Waals surface area contributed by atoms with E-state index in [2.05, 4.69) is 0 Å². The maximum atomic E-state index is 9.49. The van der Waals surface area contributed by atoms with Crippen molar-refractivity contribution in [2.75, 3.05) is 0 Å². The first kappa shape index (κ1) is 10.7. The molecule has 0 amide bonds. The van der Waals surface area contributed by atoms with E-state index in [-0.39, 0.29) is 5.75 Å². The number of hydrogen-bond acceptors (Lipinski definition) is 2. The summed E-state index contributed by atoms with van der Waals surface area (Å²) in [6.07, 6.45) is 1.85. The standard InChI is InChI=1S/C15H13NO2/c17-14-7-6-13-8-9-16(15(13)10-14)18-11-12-4-2-1-3-5-12/h1-10,17H,11H2. The van der Waals surface area contributed by atoms with Crippen molar-refractivity contribution in [3.05, 3.63) is 66.4 Å². The Labute approximate surface area is 105 Å². The van der Waals surface area contributed by atoms with Crippen LogP contribution in [0.15, 0.2) is 60.8 Å². The fourth-order valence-corrected chi connectivity index (χ4v) is 1.92. The Bertz CT molecular complexity index is 659. The molecule has 0 fully saturated rings. The number of fused-ring (bicyclic) bond motifs is 1. The lowest BCUT2D eigenvalue weighted by molar-refractivity contribution is 0.107. The van der Waals surface area contributed by atoms with E-state index >= 15 is 0 Å². The molecule has 0 saturated heterocycles. The smallest absolute Gasteiger partial charge is 0.140 e. The molecule has 0 aliphatic heterocycles. The van der Waals surface area contributed by atoms with Crippen LogP contribution in [0.5, 0.6) is 5.75 Å². The highest BCUT2D eigenvalue weighted by Crippen LogP contribution is 2.20. The molecule has 0 radical (unpaired) electrons. The second kappa shape index (κ2) is 4.45. The van der Waals surface area contributed by atoms with Crippen LogP contribution in [0.1, 0.15) is 5.56 Å². The van der Waals surface area contributed by atoms with E-state index in [4.69, 9.17) is 4.84 Å². The molecule has 0 saturated carbocycles. The predicted molar refractivity (Wildman–Crippen MR) is 70.3 cm³/mol. The van der Waals surface area contributed by atoms with Crippen LogP contribution in [0.25, 0.3) is 10.9 Å². The Morgan fingerprint density at radius 1 is 1.00 bits per heavy atom. The summed E-state index contributed by atoms with van der Waals surface area (Å²) in [6.45, 7) is 0.500. The normalized spacial score (nSPS) is 10.7. The zero-order chi connectivity index (χ0) is 12.4. The van der Waals surface area contributed by atoms with Crippen LogP contribution in [0.2, 0.25) is 0 Å². The van der Waals surface area contributed by atoms with E-state index in [1.54, 1.807) is 16.9 Å². The molecule has 90 valence electrons. The van der Waals surface area contributed by atoms with Crippen molar-refractivity contribution in [2.45, 2.75) is 6.61 Å². The van der Waals surface area contributed by atoms with Crippen LogP contribution in [-0.2, 0) is 6.61 Å². The summed E-state index contributed by atoms with van der Waals surface area (Å²) in [4.78, 5) is 5.71. The van der Waals surface area contributed by atoms with Gasteiger partial charge in [-0.1, -0.05) is 30.3 Å². The lowest BCUT2D eigenvalue weighted by atomic mass is 10.2. The molecule has 0 unspecified atom stereocenters. The van der Waals surface area contributed by atoms with E-state index in [1.807, 2.05) is 48.7 Å². The van der Waals surface area contributed by atoms with Gasteiger partial charge >= 0.3 is 0 Å². The first-order valence-electron chi connectivity index (χ1n) is 5.80. The molecule has 0 bridgehead atoms. The monoisotopic (exact) mass is 239 g/mol. The number of rotatable bonds is 3. The van der Waals surface area contributed by atoms with Crippen LogP contribution in [0, 0.1) is 0 Å². The van der Waals surface area contributed by atoms with Crippen molar-refractivity contribution in [3.8, 4) is 5.75 Å². The summed E-state index contributed by atoms with van der Waals surface area (Å²) < 4.78 is 1.68. The third-order valence-corrected chi connectivity index (χ3v) is 2.85. The fraction of sp³-hybridized carbons (Fsp3) is 0.0667. The van der Waals surface area contributed by atoms with Gasteiger partial charge in [-0.05, 0) is 23.8 Å². The lowest BCUT2D eigenvalue weighted by Gasteiger charge is -2.08. The maximum absolute atomic E-state index is 9.49. The second-order valence-electron chi connectivity index (χ2n) is 4.14. The van der Waals surface area contributed by atoms with Crippen LogP contribution < -0.4 is 4.84 Å². The first-order chi connectivity index (χ1) is 8.83. The molecule has 2 aromatic carbocycles. The zero-order valence-corrected chi connectivity index (χ0v) is 9.78. The summed E-state index contributed by atoms with van der Waals surface area (Å²) in [5, 5.41) is 10.5. The van der Waals surface area contributed by atoms with Crippen LogP contribution in [0.3, 0.4) is 0 Å². The zero-order valence-electron chi connectivity index (χ0n) is 9.78. The number of phenolic OH excluding ortho intramolecular Hbond substituents is 1.